The van der Waals surface area contributed by atoms with Gasteiger partial charge in [-0.2, -0.15) is 0 Å². The Labute approximate surface area is 93.9 Å². The highest BCUT2D eigenvalue weighted by Gasteiger charge is 2.28. The molecule has 1 amide bonds. The van der Waals surface area contributed by atoms with E-state index in [1.807, 2.05) is 19.1 Å². The maximum atomic E-state index is 11.7. The van der Waals surface area contributed by atoms with Crippen LogP contribution in [0.4, 0.5) is 0 Å². The lowest BCUT2D eigenvalue weighted by Gasteiger charge is -2.13. The molecule has 0 aliphatic heterocycles. The lowest BCUT2D eigenvalue weighted by atomic mass is 9.99. The Bertz CT molecular complexity index is 415. The van der Waals surface area contributed by atoms with Gasteiger partial charge in [-0.15, -0.1) is 0 Å². The maximum Gasteiger partial charge on any atom is 0.235 e. The van der Waals surface area contributed by atoms with Gasteiger partial charge in [0.15, 0.2) is 0 Å². The zero-order chi connectivity index (χ0) is 11.7. The highest BCUT2D eigenvalue weighted by Crippen LogP contribution is 2.33. The average molecular weight is 221 g/mol. The molecule has 0 unspecified atom stereocenters. The van der Waals surface area contributed by atoms with Crippen LogP contribution in [0.2, 0.25) is 0 Å². The van der Waals surface area contributed by atoms with E-state index in [9.17, 15) is 4.79 Å². The molecule has 1 atom stereocenters. The first-order valence-corrected chi connectivity index (χ1v) is 5.34. The Morgan fingerprint density at radius 3 is 2.94 bits per heavy atom. The summed E-state index contributed by atoms with van der Waals surface area (Å²) in [6.07, 6.45) is -0.171. The SMILES string of the molecule is Cc1ccc2c(c1)CC[C@@H]2C(=O)NC(O)O. The first-order valence-electron chi connectivity index (χ1n) is 5.34. The van der Waals surface area contributed by atoms with E-state index in [1.165, 1.54) is 11.1 Å². The van der Waals surface area contributed by atoms with Crippen LogP contribution in [0.3, 0.4) is 0 Å². The van der Waals surface area contributed by atoms with E-state index in [2.05, 4.69) is 11.4 Å². The van der Waals surface area contributed by atoms with Crippen LogP contribution in [-0.2, 0) is 11.2 Å². The molecule has 1 aliphatic rings. The Kier molecular flexibility index (Phi) is 2.94. The normalized spacial score (nSPS) is 18.6. The van der Waals surface area contributed by atoms with Crippen LogP contribution in [0.1, 0.15) is 29.0 Å². The lowest BCUT2D eigenvalue weighted by Crippen LogP contribution is -2.37. The third kappa shape index (κ3) is 2.08. The van der Waals surface area contributed by atoms with Crippen molar-refractivity contribution in [2.75, 3.05) is 0 Å². The van der Waals surface area contributed by atoms with E-state index < -0.39 is 6.41 Å². The highest BCUT2D eigenvalue weighted by atomic mass is 16.5. The summed E-state index contributed by atoms with van der Waals surface area (Å²) in [4.78, 5) is 11.7. The molecule has 0 fully saturated rings. The summed E-state index contributed by atoms with van der Waals surface area (Å²) < 4.78 is 0. The molecule has 0 saturated heterocycles. The molecule has 0 aromatic heterocycles. The molecule has 4 nitrogen and oxygen atoms in total. The second-order valence-corrected chi connectivity index (χ2v) is 4.18. The zero-order valence-electron chi connectivity index (χ0n) is 9.10. The van der Waals surface area contributed by atoms with Gasteiger partial charge in [0.05, 0.1) is 5.92 Å². The second-order valence-electron chi connectivity index (χ2n) is 4.18. The molecule has 16 heavy (non-hydrogen) atoms. The van der Waals surface area contributed by atoms with Crippen LogP contribution < -0.4 is 5.32 Å². The van der Waals surface area contributed by atoms with E-state index >= 15 is 0 Å². The van der Waals surface area contributed by atoms with Crippen LogP contribution in [0, 0.1) is 6.92 Å². The topological polar surface area (TPSA) is 69.6 Å². The van der Waals surface area contributed by atoms with Crippen LogP contribution in [0.15, 0.2) is 18.2 Å². The molecule has 1 aliphatic carbocycles. The molecule has 86 valence electrons. The Morgan fingerprint density at radius 2 is 2.25 bits per heavy atom. The summed E-state index contributed by atoms with van der Waals surface area (Å²) >= 11 is 0. The highest BCUT2D eigenvalue weighted by molar-refractivity contribution is 5.84. The summed E-state index contributed by atoms with van der Waals surface area (Å²) in [5, 5.41) is 19.5. The largest absolute Gasteiger partial charge is 0.351 e. The minimum absolute atomic E-state index is 0.252. The van der Waals surface area contributed by atoms with Gasteiger partial charge < -0.3 is 15.5 Å². The Morgan fingerprint density at radius 1 is 1.50 bits per heavy atom. The number of carbonyl (C=O) groups is 1. The van der Waals surface area contributed by atoms with Gasteiger partial charge in [-0.1, -0.05) is 23.8 Å². The summed E-state index contributed by atoms with van der Waals surface area (Å²) in [5.74, 6) is -0.574. The van der Waals surface area contributed by atoms with Crippen LogP contribution in [0.25, 0.3) is 0 Å². The second kappa shape index (κ2) is 4.23. The molecule has 1 aromatic carbocycles. The fraction of sp³-hybridized carbons (Fsp3) is 0.417. The number of benzene rings is 1. The molecule has 1 aromatic rings. The van der Waals surface area contributed by atoms with Gasteiger partial charge in [0.25, 0.3) is 0 Å². The van der Waals surface area contributed by atoms with E-state index in [1.54, 1.807) is 0 Å². The first kappa shape index (κ1) is 11.1. The van der Waals surface area contributed by atoms with Crippen molar-refractivity contribution in [3.63, 3.8) is 0 Å². The third-order valence-corrected chi connectivity index (χ3v) is 2.96. The van der Waals surface area contributed by atoms with E-state index in [-0.39, 0.29) is 11.8 Å². The summed E-state index contributed by atoms with van der Waals surface area (Å²) in [5.41, 5.74) is 3.37. The van der Waals surface area contributed by atoms with E-state index in [4.69, 9.17) is 10.2 Å². The number of hydrogen-bond donors (Lipinski definition) is 3. The number of nitrogens with one attached hydrogen (secondary N) is 1. The quantitative estimate of drug-likeness (QED) is 0.633. The Balaban J connectivity index is 2.20. The van der Waals surface area contributed by atoms with Crippen LogP contribution in [-0.4, -0.2) is 22.5 Å². The summed E-state index contributed by atoms with van der Waals surface area (Å²) in [6, 6.07) is 6.00. The number of aryl methyl sites for hydroxylation is 2. The average Bonchev–Trinajstić information content (AvgIpc) is 2.59. The zero-order valence-corrected chi connectivity index (χ0v) is 9.10. The molecule has 3 N–H and O–H groups in total. The molecule has 0 spiro atoms. The van der Waals surface area contributed by atoms with Gasteiger partial charge in [-0.3, -0.25) is 4.79 Å². The molecular formula is C12H15NO3. The van der Waals surface area contributed by atoms with Crippen molar-refractivity contribution >= 4 is 5.91 Å². The summed E-state index contributed by atoms with van der Waals surface area (Å²) in [7, 11) is 0. The number of amides is 1. The summed E-state index contributed by atoms with van der Waals surface area (Å²) in [6.45, 7) is 2.02. The Hall–Kier alpha value is -1.39. The number of aliphatic hydroxyl groups excluding tert-OH is 1. The van der Waals surface area contributed by atoms with Crippen molar-refractivity contribution in [2.45, 2.75) is 32.1 Å². The fourth-order valence-electron chi connectivity index (χ4n) is 2.25. The van der Waals surface area contributed by atoms with Gasteiger partial charge in [0.2, 0.25) is 12.3 Å². The van der Waals surface area contributed by atoms with Crippen molar-refractivity contribution in [1.29, 1.82) is 0 Å². The lowest BCUT2D eigenvalue weighted by molar-refractivity contribution is -0.135. The molecule has 0 saturated carbocycles. The van der Waals surface area contributed by atoms with Gasteiger partial charge in [0.1, 0.15) is 0 Å². The third-order valence-electron chi connectivity index (χ3n) is 2.96. The van der Waals surface area contributed by atoms with Crippen LogP contribution in [0.5, 0.6) is 0 Å². The van der Waals surface area contributed by atoms with E-state index in [0.717, 1.165) is 18.4 Å². The van der Waals surface area contributed by atoms with Crippen molar-refractivity contribution < 1.29 is 15.0 Å². The smallest absolute Gasteiger partial charge is 0.235 e. The van der Waals surface area contributed by atoms with Crippen LogP contribution >= 0.6 is 0 Å². The molecular weight excluding hydrogens is 206 g/mol. The van der Waals surface area contributed by atoms with Gasteiger partial charge in [0, 0.05) is 0 Å². The standard InChI is InChI=1S/C12H15NO3/c1-7-2-4-9-8(6-7)3-5-10(9)11(14)13-12(15)16/h2,4,6,10,12,15-16H,3,5H2,1H3,(H,13,14)/t10-/m0/s1. The number of fused-ring (bicyclic) bond motifs is 1. The number of hydrogen-bond acceptors (Lipinski definition) is 3. The maximum absolute atomic E-state index is 11.7. The molecule has 2 rings (SSSR count). The first-order chi connectivity index (χ1) is 7.58. The molecule has 0 radical (unpaired) electrons. The predicted octanol–water partition coefficient (Wildman–Crippen LogP) is 0.409. The molecule has 0 heterocycles. The van der Waals surface area contributed by atoms with Gasteiger partial charge in [-0.25, -0.2) is 0 Å². The van der Waals surface area contributed by atoms with Gasteiger partial charge in [-0.05, 0) is 30.9 Å². The van der Waals surface area contributed by atoms with Crippen molar-refractivity contribution in [2.24, 2.45) is 0 Å². The van der Waals surface area contributed by atoms with Gasteiger partial charge >= 0.3 is 0 Å². The van der Waals surface area contributed by atoms with E-state index in [0.29, 0.717) is 0 Å². The molecule has 0 bridgehead atoms. The minimum atomic E-state index is -1.78. The van der Waals surface area contributed by atoms with Crippen molar-refractivity contribution in [3.8, 4) is 0 Å². The fourth-order valence-corrected chi connectivity index (χ4v) is 2.25. The monoisotopic (exact) mass is 221 g/mol. The minimum Gasteiger partial charge on any atom is -0.351 e. The number of aliphatic hydroxyl groups is 2. The van der Waals surface area contributed by atoms with Crippen molar-refractivity contribution in [1.82, 2.24) is 5.32 Å². The number of rotatable bonds is 2. The number of carbonyl (C=O) groups excluding carboxylic acids is 1. The predicted molar refractivity (Wildman–Crippen MR) is 58.6 cm³/mol. The molecule has 4 heteroatoms. The van der Waals surface area contributed by atoms with Crippen molar-refractivity contribution in [3.05, 3.63) is 34.9 Å².